The van der Waals surface area contributed by atoms with Gasteiger partial charge in [-0.05, 0) is 62.5 Å². The third kappa shape index (κ3) is 7.40. The number of nitrogens with one attached hydrogen (secondary N) is 1. The second kappa shape index (κ2) is 10.6. The Kier molecular flexibility index (Phi) is 7.83. The molecule has 1 heterocycles. The molecule has 0 unspecified atom stereocenters. The highest BCUT2D eigenvalue weighted by atomic mass is 16.6. The molecule has 10 heteroatoms. The molecule has 1 aliphatic rings. The average molecular weight is 457 g/mol. The van der Waals surface area contributed by atoms with Crippen molar-refractivity contribution in [1.82, 2.24) is 5.32 Å². The Labute approximate surface area is 192 Å². The molecular formula is C23H28BNO8. The highest BCUT2D eigenvalue weighted by Crippen LogP contribution is 2.31. The second-order valence-corrected chi connectivity index (χ2v) is 8.57. The zero-order valence-electron chi connectivity index (χ0n) is 18.9. The van der Waals surface area contributed by atoms with Gasteiger partial charge >= 0.3 is 19.2 Å². The lowest BCUT2D eigenvalue weighted by atomic mass is 9.79. The van der Waals surface area contributed by atoms with Crippen LogP contribution in [0.2, 0.25) is 0 Å². The summed E-state index contributed by atoms with van der Waals surface area (Å²) >= 11 is 0. The van der Waals surface area contributed by atoms with Gasteiger partial charge in [-0.2, -0.15) is 0 Å². The van der Waals surface area contributed by atoms with E-state index in [4.69, 9.17) is 24.0 Å². The number of aliphatic carboxylic acids is 1. The van der Waals surface area contributed by atoms with Crippen LogP contribution in [-0.4, -0.2) is 48.1 Å². The van der Waals surface area contributed by atoms with Gasteiger partial charge in [0.2, 0.25) is 0 Å². The first kappa shape index (κ1) is 24.4. The van der Waals surface area contributed by atoms with Crippen LogP contribution in [0.25, 0.3) is 0 Å². The lowest BCUT2D eigenvalue weighted by Crippen LogP contribution is -2.33. The van der Waals surface area contributed by atoms with Crippen LogP contribution in [-0.2, 0) is 14.2 Å². The molecule has 3 N–H and O–H groups in total. The van der Waals surface area contributed by atoms with Crippen LogP contribution < -0.4 is 20.3 Å². The van der Waals surface area contributed by atoms with E-state index >= 15 is 0 Å². The van der Waals surface area contributed by atoms with Crippen molar-refractivity contribution in [2.24, 2.45) is 0 Å². The Morgan fingerprint density at radius 2 is 1.85 bits per heavy atom. The fourth-order valence-electron chi connectivity index (χ4n) is 3.27. The SMILES string of the molecule is CC(C)(C)OC(=O)NCCCOc1cccc(Oc2ccc3c(c2)B(O)O[C@@H]3CC(=O)O)c1. The van der Waals surface area contributed by atoms with Gasteiger partial charge in [0, 0.05) is 12.6 Å². The standard InChI is InChI=1S/C23H28BNO8/c1-23(2,3)32-22(28)25-10-5-11-30-15-6-4-7-16(12-15)31-17-8-9-18-19(13-17)24(29)33-20(18)14-21(26)27/h4,6-9,12-13,20,29H,5,10-11,14H2,1-3H3,(H,25,28)(H,26,27)/t20-/m1/s1. The summed E-state index contributed by atoms with van der Waals surface area (Å²) in [5, 5.41) is 21.8. The summed E-state index contributed by atoms with van der Waals surface area (Å²) in [6.07, 6.45) is -0.776. The summed E-state index contributed by atoms with van der Waals surface area (Å²) in [6.45, 7) is 6.24. The van der Waals surface area contributed by atoms with Crippen molar-refractivity contribution in [2.45, 2.75) is 45.3 Å². The quantitative estimate of drug-likeness (QED) is 0.388. The fourth-order valence-corrected chi connectivity index (χ4v) is 3.27. The summed E-state index contributed by atoms with van der Waals surface area (Å²) in [6, 6.07) is 12.1. The van der Waals surface area contributed by atoms with Crippen molar-refractivity contribution in [3.05, 3.63) is 48.0 Å². The largest absolute Gasteiger partial charge is 0.493 e. The van der Waals surface area contributed by atoms with Crippen LogP contribution in [0.5, 0.6) is 17.2 Å². The Bertz CT molecular complexity index is 991. The predicted molar refractivity (Wildman–Crippen MR) is 121 cm³/mol. The normalized spacial score (nSPS) is 15.0. The first-order valence-electron chi connectivity index (χ1n) is 10.7. The number of ether oxygens (including phenoxy) is 3. The number of alkyl carbamates (subject to hydrolysis) is 1. The molecular weight excluding hydrogens is 429 g/mol. The van der Waals surface area contributed by atoms with E-state index in [1.807, 2.05) is 0 Å². The van der Waals surface area contributed by atoms with E-state index in [1.165, 1.54) is 0 Å². The Hall–Kier alpha value is -3.24. The molecule has 2 aromatic carbocycles. The molecule has 0 aliphatic carbocycles. The van der Waals surface area contributed by atoms with Gasteiger partial charge in [0.25, 0.3) is 0 Å². The minimum atomic E-state index is -1.20. The Balaban J connectivity index is 1.51. The van der Waals surface area contributed by atoms with Gasteiger partial charge < -0.3 is 34.3 Å². The molecule has 0 spiro atoms. The number of carboxylic acid groups (broad SMARTS) is 1. The van der Waals surface area contributed by atoms with Crippen molar-refractivity contribution in [3.63, 3.8) is 0 Å². The smallest absolute Gasteiger partial charge is 0.492 e. The molecule has 0 aromatic heterocycles. The monoisotopic (exact) mass is 457 g/mol. The molecule has 0 fully saturated rings. The lowest BCUT2D eigenvalue weighted by Gasteiger charge is -2.19. The molecule has 0 radical (unpaired) electrons. The van der Waals surface area contributed by atoms with Crippen LogP contribution in [0.15, 0.2) is 42.5 Å². The van der Waals surface area contributed by atoms with E-state index in [-0.39, 0.29) is 6.42 Å². The minimum Gasteiger partial charge on any atom is -0.493 e. The maximum Gasteiger partial charge on any atom is 0.492 e. The van der Waals surface area contributed by atoms with Crippen LogP contribution in [0, 0.1) is 0 Å². The topological polar surface area (TPSA) is 124 Å². The van der Waals surface area contributed by atoms with Gasteiger partial charge in [-0.3, -0.25) is 4.79 Å². The summed E-state index contributed by atoms with van der Waals surface area (Å²) in [4.78, 5) is 22.6. The van der Waals surface area contributed by atoms with Crippen molar-refractivity contribution in [3.8, 4) is 17.2 Å². The maximum absolute atomic E-state index is 11.6. The van der Waals surface area contributed by atoms with E-state index in [0.717, 1.165) is 0 Å². The van der Waals surface area contributed by atoms with E-state index in [9.17, 15) is 14.6 Å². The number of carboxylic acids is 1. The first-order valence-corrected chi connectivity index (χ1v) is 10.7. The summed E-state index contributed by atoms with van der Waals surface area (Å²) in [7, 11) is -1.20. The van der Waals surface area contributed by atoms with Crippen molar-refractivity contribution >= 4 is 24.6 Å². The molecule has 3 rings (SSSR count). The molecule has 1 aliphatic heterocycles. The highest BCUT2D eigenvalue weighted by Gasteiger charge is 2.36. The van der Waals surface area contributed by atoms with Crippen molar-refractivity contribution in [1.29, 1.82) is 0 Å². The number of carbonyl (C=O) groups excluding carboxylic acids is 1. The number of fused-ring (bicyclic) bond motifs is 1. The number of rotatable bonds is 9. The number of benzene rings is 2. The van der Waals surface area contributed by atoms with E-state index < -0.39 is 30.9 Å². The van der Waals surface area contributed by atoms with Gasteiger partial charge in [0.1, 0.15) is 22.8 Å². The van der Waals surface area contributed by atoms with Crippen LogP contribution in [0.4, 0.5) is 4.79 Å². The molecule has 0 saturated carbocycles. The van der Waals surface area contributed by atoms with Gasteiger partial charge in [0.15, 0.2) is 0 Å². The number of hydrogen-bond acceptors (Lipinski definition) is 7. The van der Waals surface area contributed by atoms with Gasteiger partial charge in [0.05, 0.1) is 19.1 Å². The number of hydrogen-bond donors (Lipinski definition) is 3. The van der Waals surface area contributed by atoms with Crippen LogP contribution in [0.1, 0.15) is 45.3 Å². The van der Waals surface area contributed by atoms with Crippen molar-refractivity contribution in [2.75, 3.05) is 13.2 Å². The van der Waals surface area contributed by atoms with Gasteiger partial charge in [-0.25, -0.2) is 4.79 Å². The summed E-state index contributed by atoms with van der Waals surface area (Å²) < 4.78 is 22.1. The molecule has 0 saturated heterocycles. The first-order chi connectivity index (χ1) is 15.6. The Morgan fingerprint density at radius 3 is 2.58 bits per heavy atom. The van der Waals surface area contributed by atoms with E-state index in [2.05, 4.69) is 5.32 Å². The van der Waals surface area contributed by atoms with Crippen LogP contribution >= 0.6 is 0 Å². The average Bonchev–Trinajstić information content (AvgIpc) is 3.01. The lowest BCUT2D eigenvalue weighted by molar-refractivity contribution is -0.138. The second-order valence-electron chi connectivity index (χ2n) is 8.57. The molecule has 33 heavy (non-hydrogen) atoms. The van der Waals surface area contributed by atoms with Gasteiger partial charge in [-0.1, -0.05) is 12.1 Å². The molecule has 1 atom stereocenters. The van der Waals surface area contributed by atoms with Crippen molar-refractivity contribution < 1.29 is 38.6 Å². The molecule has 0 bridgehead atoms. The maximum atomic E-state index is 11.6. The third-order valence-corrected chi connectivity index (χ3v) is 4.62. The zero-order valence-corrected chi connectivity index (χ0v) is 18.9. The molecule has 176 valence electrons. The third-order valence-electron chi connectivity index (χ3n) is 4.62. The molecule has 2 aromatic rings. The number of carbonyl (C=O) groups is 2. The Morgan fingerprint density at radius 1 is 1.12 bits per heavy atom. The highest BCUT2D eigenvalue weighted by molar-refractivity contribution is 6.61. The number of amides is 1. The summed E-state index contributed by atoms with van der Waals surface area (Å²) in [5.41, 5.74) is 0.587. The molecule has 9 nitrogen and oxygen atoms in total. The summed E-state index contributed by atoms with van der Waals surface area (Å²) in [5.74, 6) is 0.620. The fraction of sp³-hybridized carbons (Fsp3) is 0.391. The van der Waals surface area contributed by atoms with E-state index in [1.54, 1.807) is 63.2 Å². The van der Waals surface area contributed by atoms with E-state index in [0.29, 0.717) is 47.8 Å². The minimum absolute atomic E-state index is 0.225. The predicted octanol–water partition coefficient (Wildman–Crippen LogP) is 3.01. The zero-order chi connectivity index (χ0) is 24.0. The van der Waals surface area contributed by atoms with Gasteiger partial charge in [-0.15, -0.1) is 0 Å². The van der Waals surface area contributed by atoms with Crippen LogP contribution in [0.3, 0.4) is 0 Å². The molecule has 1 amide bonds.